The van der Waals surface area contributed by atoms with Gasteiger partial charge in [0.25, 0.3) is 5.91 Å². The van der Waals surface area contributed by atoms with Gasteiger partial charge in [-0.25, -0.2) is 4.98 Å². The fourth-order valence-corrected chi connectivity index (χ4v) is 4.50. The number of nitrogens with one attached hydrogen (secondary N) is 1. The fraction of sp³-hybridized carbons (Fsp3) is 0.115. The van der Waals surface area contributed by atoms with Crippen LogP contribution in [0, 0.1) is 6.92 Å². The topological polar surface area (TPSA) is 79.3 Å². The molecule has 0 aliphatic carbocycles. The average Bonchev–Trinajstić information content (AvgIpc) is 2.80. The normalized spacial score (nSPS) is 11.8. The molecule has 0 radical (unpaired) electrons. The van der Waals surface area contributed by atoms with E-state index < -0.39 is 11.9 Å². The van der Waals surface area contributed by atoms with Crippen molar-refractivity contribution in [1.82, 2.24) is 10.3 Å². The summed E-state index contributed by atoms with van der Waals surface area (Å²) in [5, 5.41) is 13.6. The van der Waals surface area contributed by atoms with Crippen molar-refractivity contribution in [2.75, 3.05) is 6.54 Å². The molecule has 0 spiro atoms. The number of hydrogen-bond acceptors (Lipinski definition) is 3. The van der Waals surface area contributed by atoms with E-state index in [4.69, 9.17) is 16.6 Å². The summed E-state index contributed by atoms with van der Waals surface area (Å²) in [6.45, 7) is 1.75. The number of fused-ring (bicyclic) bond motifs is 1. The van der Waals surface area contributed by atoms with Crippen molar-refractivity contribution in [3.63, 3.8) is 0 Å². The van der Waals surface area contributed by atoms with Gasteiger partial charge in [0.2, 0.25) is 0 Å². The van der Waals surface area contributed by atoms with Gasteiger partial charge in [0.1, 0.15) is 5.92 Å². The summed E-state index contributed by atoms with van der Waals surface area (Å²) in [4.78, 5) is 30.2. The van der Waals surface area contributed by atoms with Crippen LogP contribution in [0.3, 0.4) is 0 Å². The van der Waals surface area contributed by atoms with Gasteiger partial charge in [0.15, 0.2) is 0 Å². The van der Waals surface area contributed by atoms with Crippen LogP contribution in [0.15, 0.2) is 77.3 Å². The number of halogens is 2. The van der Waals surface area contributed by atoms with Crippen LogP contribution in [0.4, 0.5) is 0 Å². The van der Waals surface area contributed by atoms with Crippen LogP contribution in [0.5, 0.6) is 0 Å². The fourth-order valence-electron chi connectivity index (χ4n) is 3.87. The van der Waals surface area contributed by atoms with Crippen molar-refractivity contribution in [2.45, 2.75) is 12.8 Å². The van der Waals surface area contributed by atoms with Gasteiger partial charge in [0, 0.05) is 27.0 Å². The molecule has 4 aromatic rings. The van der Waals surface area contributed by atoms with Gasteiger partial charge >= 0.3 is 5.97 Å². The van der Waals surface area contributed by atoms with Crippen LogP contribution < -0.4 is 5.32 Å². The quantitative estimate of drug-likeness (QED) is 0.314. The Bertz CT molecular complexity index is 1360. The van der Waals surface area contributed by atoms with E-state index in [0.29, 0.717) is 38.3 Å². The van der Waals surface area contributed by atoms with Crippen molar-refractivity contribution in [3.8, 4) is 11.3 Å². The predicted molar refractivity (Wildman–Crippen MR) is 134 cm³/mol. The molecule has 0 bridgehead atoms. The Balaban J connectivity index is 1.76. The maximum absolute atomic E-state index is 13.4. The Kier molecular flexibility index (Phi) is 6.77. The molecule has 0 saturated heterocycles. The Labute approximate surface area is 204 Å². The van der Waals surface area contributed by atoms with Gasteiger partial charge in [-0.2, -0.15) is 0 Å². The number of benzene rings is 3. The first-order valence-corrected chi connectivity index (χ1v) is 11.4. The largest absolute Gasteiger partial charge is 0.481 e. The molecule has 0 fully saturated rings. The molecule has 0 aliphatic rings. The van der Waals surface area contributed by atoms with Crippen molar-refractivity contribution in [3.05, 3.63) is 99.0 Å². The molecule has 3 aromatic carbocycles. The second-order valence-corrected chi connectivity index (χ2v) is 8.93. The van der Waals surface area contributed by atoms with E-state index in [2.05, 4.69) is 21.2 Å². The zero-order valence-corrected chi connectivity index (χ0v) is 20.0. The summed E-state index contributed by atoms with van der Waals surface area (Å²) in [7, 11) is 0. The molecule has 166 valence electrons. The highest BCUT2D eigenvalue weighted by atomic mass is 79.9. The van der Waals surface area contributed by atoms with Gasteiger partial charge in [-0.05, 0) is 42.3 Å². The summed E-state index contributed by atoms with van der Waals surface area (Å²) < 4.78 is 0.817. The van der Waals surface area contributed by atoms with Gasteiger partial charge in [-0.15, -0.1) is 0 Å². The van der Waals surface area contributed by atoms with Gasteiger partial charge in [-0.1, -0.05) is 76.1 Å². The molecule has 1 atom stereocenters. The van der Waals surface area contributed by atoms with Crippen molar-refractivity contribution >= 4 is 50.3 Å². The van der Waals surface area contributed by atoms with Gasteiger partial charge in [0.05, 0.1) is 16.8 Å². The van der Waals surface area contributed by atoms with E-state index >= 15 is 0 Å². The van der Waals surface area contributed by atoms with E-state index in [9.17, 15) is 14.7 Å². The minimum absolute atomic E-state index is 0.101. The molecular weight excluding hydrogens is 504 g/mol. The second kappa shape index (κ2) is 9.73. The molecule has 5 nitrogen and oxygen atoms in total. The maximum atomic E-state index is 13.4. The molecule has 33 heavy (non-hydrogen) atoms. The zero-order valence-electron chi connectivity index (χ0n) is 17.7. The van der Waals surface area contributed by atoms with E-state index in [-0.39, 0.29) is 12.5 Å². The molecule has 4 rings (SSSR count). The molecule has 0 aliphatic heterocycles. The van der Waals surface area contributed by atoms with E-state index in [1.165, 1.54) is 0 Å². The zero-order chi connectivity index (χ0) is 23.5. The summed E-state index contributed by atoms with van der Waals surface area (Å²) in [5.74, 6) is -2.41. The highest BCUT2D eigenvalue weighted by Crippen LogP contribution is 2.31. The third-order valence-corrected chi connectivity index (χ3v) is 6.35. The number of rotatable bonds is 6. The summed E-state index contributed by atoms with van der Waals surface area (Å²) >= 11 is 9.69. The third kappa shape index (κ3) is 4.77. The molecule has 2 N–H and O–H groups in total. The Hall–Kier alpha value is -3.22. The van der Waals surface area contributed by atoms with Crippen LogP contribution in [0.25, 0.3) is 22.2 Å². The average molecular weight is 524 g/mol. The Morgan fingerprint density at radius 1 is 1.06 bits per heavy atom. The van der Waals surface area contributed by atoms with Gasteiger partial charge < -0.3 is 10.4 Å². The number of aliphatic carboxylic acids is 1. The highest BCUT2D eigenvalue weighted by molar-refractivity contribution is 9.10. The van der Waals surface area contributed by atoms with Crippen molar-refractivity contribution in [2.24, 2.45) is 0 Å². The molecule has 1 amide bonds. The monoisotopic (exact) mass is 522 g/mol. The first-order chi connectivity index (χ1) is 15.9. The smallest absolute Gasteiger partial charge is 0.312 e. The first kappa shape index (κ1) is 23.0. The second-order valence-electron chi connectivity index (χ2n) is 7.61. The van der Waals surface area contributed by atoms with Crippen LogP contribution in [0.1, 0.15) is 27.4 Å². The number of nitrogens with zero attached hydrogens (tertiary/aromatic N) is 1. The lowest BCUT2D eigenvalue weighted by molar-refractivity contribution is -0.138. The maximum Gasteiger partial charge on any atom is 0.312 e. The minimum Gasteiger partial charge on any atom is -0.481 e. The molecular formula is C26H20BrClN2O3. The predicted octanol–water partition coefficient (Wildman–Crippen LogP) is 6.22. The Morgan fingerprint density at radius 3 is 2.45 bits per heavy atom. The summed E-state index contributed by atoms with van der Waals surface area (Å²) in [6.07, 6.45) is 0. The SMILES string of the molecule is Cc1c(-c2ccccc2)nc2ccc(Br)cc2c1C(=O)NC[C@@H](C(=O)O)c1ccccc1Cl. The number of aromatic nitrogens is 1. The van der Waals surface area contributed by atoms with Crippen molar-refractivity contribution < 1.29 is 14.7 Å². The number of carbonyl (C=O) groups is 2. The van der Waals surface area contributed by atoms with Crippen LogP contribution in [-0.2, 0) is 4.79 Å². The number of carboxylic acid groups (broad SMARTS) is 1. The number of pyridine rings is 1. The van der Waals surface area contributed by atoms with Crippen LogP contribution in [-0.4, -0.2) is 28.5 Å². The van der Waals surface area contributed by atoms with Crippen molar-refractivity contribution in [1.29, 1.82) is 0 Å². The first-order valence-electron chi connectivity index (χ1n) is 10.3. The summed E-state index contributed by atoms with van der Waals surface area (Å²) in [5.41, 5.74) is 3.91. The standard InChI is InChI=1S/C26H20BrClN2O3/c1-15-23(25(31)29-14-20(26(32)33)18-9-5-6-10-21(18)28)19-13-17(27)11-12-22(19)30-24(15)16-7-3-2-4-8-16/h2-13,20H,14H2,1H3,(H,29,31)(H,32,33)/t20-/m1/s1. The van der Waals surface area contributed by atoms with Crippen LogP contribution >= 0.6 is 27.5 Å². The van der Waals surface area contributed by atoms with E-state index in [0.717, 1.165) is 10.0 Å². The molecule has 0 saturated carbocycles. The highest BCUT2D eigenvalue weighted by Gasteiger charge is 2.25. The lowest BCUT2D eigenvalue weighted by Crippen LogP contribution is -2.32. The minimum atomic E-state index is -1.06. The molecule has 7 heteroatoms. The van der Waals surface area contributed by atoms with Gasteiger partial charge in [-0.3, -0.25) is 9.59 Å². The molecule has 1 heterocycles. The number of carboxylic acids is 1. The Morgan fingerprint density at radius 2 is 1.76 bits per heavy atom. The third-order valence-electron chi connectivity index (χ3n) is 5.51. The van der Waals surface area contributed by atoms with Crippen LogP contribution in [0.2, 0.25) is 5.02 Å². The lowest BCUT2D eigenvalue weighted by Gasteiger charge is -2.18. The van der Waals surface area contributed by atoms with E-state index in [1.54, 1.807) is 24.3 Å². The number of amides is 1. The summed E-state index contributed by atoms with van der Waals surface area (Å²) in [6, 6.07) is 22.0. The van der Waals surface area contributed by atoms with E-state index in [1.807, 2.05) is 55.5 Å². The number of carbonyl (C=O) groups excluding carboxylic acids is 1. The molecule has 0 unspecified atom stereocenters. The lowest BCUT2D eigenvalue weighted by atomic mass is 9.96. The molecule has 1 aromatic heterocycles. The number of hydrogen-bond donors (Lipinski definition) is 2.